The number of benzene rings is 1. The Balaban J connectivity index is 1.73. The van der Waals surface area contributed by atoms with Crippen LogP contribution in [0, 0.1) is 0 Å². The van der Waals surface area contributed by atoms with Crippen molar-refractivity contribution in [2.24, 2.45) is 0 Å². The van der Waals surface area contributed by atoms with Crippen molar-refractivity contribution < 1.29 is 22.7 Å². The Kier molecular flexibility index (Phi) is 3.96. The van der Waals surface area contributed by atoms with Crippen LogP contribution in [0.4, 0.5) is 0 Å². The molecule has 0 atom stereocenters. The second-order valence-corrected chi connectivity index (χ2v) is 7.33. The number of carbonyl (C=O) groups is 1. The number of ether oxygens (including phenoxy) is 2. The smallest absolute Gasteiger partial charge is 0.243 e. The first-order valence-electron chi connectivity index (χ1n) is 7.14. The Hall–Kier alpha value is -1.80. The van der Waals surface area contributed by atoms with E-state index in [1.54, 1.807) is 6.07 Å². The number of nitrogens with one attached hydrogen (secondary N) is 1. The maximum Gasteiger partial charge on any atom is 0.243 e. The SMILES string of the molecule is CC(=O)NC1CCN(S(=O)(=O)c2ccc3c(c2)OCO3)CC1. The first-order chi connectivity index (χ1) is 10.5. The van der Waals surface area contributed by atoms with Gasteiger partial charge in [-0.15, -0.1) is 0 Å². The van der Waals surface area contributed by atoms with Gasteiger partial charge in [0.25, 0.3) is 0 Å². The van der Waals surface area contributed by atoms with Gasteiger partial charge in [-0.05, 0) is 25.0 Å². The summed E-state index contributed by atoms with van der Waals surface area (Å²) in [6, 6.07) is 4.68. The van der Waals surface area contributed by atoms with Gasteiger partial charge in [0.2, 0.25) is 22.7 Å². The van der Waals surface area contributed by atoms with Crippen LogP contribution >= 0.6 is 0 Å². The van der Waals surface area contributed by atoms with Crippen molar-refractivity contribution in [1.82, 2.24) is 9.62 Å². The molecule has 1 fully saturated rings. The number of carbonyl (C=O) groups excluding carboxylic acids is 1. The van der Waals surface area contributed by atoms with E-state index in [1.165, 1.54) is 23.4 Å². The van der Waals surface area contributed by atoms with Crippen LogP contribution in [0.25, 0.3) is 0 Å². The summed E-state index contributed by atoms with van der Waals surface area (Å²) in [5, 5.41) is 2.83. The van der Waals surface area contributed by atoms with Gasteiger partial charge >= 0.3 is 0 Å². The molecule has 2 aliphatic heterocycles. The highest BCUT2D eigenvalue weighted by Crippen LogP contribution is 2.35. The molecule has 0 radical (unpaired) electrons. The number of nitrogens with zero attached hydrogens (tertiary/aromatic N) is 1. The molecule has 2 heterocycles. The number of hydrogen-bond acceptors (Lipinski definition) is 5. The van der Waals surface area contributed by atoms with Crippen molar-refractivity contribution in [1.29, 1.82) is 0 Å². The van der Waals surface area contributed by atoms with E-state index in [1.807, 2.05) is 0 Å². The summed E-state index contributed by atoms with van der Waals surface area (Å²) in [5.74, 6) is 0.926. The zero-order valence-electron chi connectivity index (χ0n) is 12.2. The quantitative estimate of drug-likeness (QED) is 0.884. The minimum Gasteiger partial charge on any atom is -0.454 e. The van der Waals surface area contributed by atoms with Gasteiger partial charge in [0.05, 0.1) is 4.90 Å². The van der Waals surface area contributed by atoms with Crippen molar-refractivity contribution in [2.45, 2.75) is 30.7 Å². The van der Waals surface area contributed by atoms with Crippen molar-refractivity contribution in [3.8, 4) is 11.5 Å². The molecule has 2 aliphatic rings. The molecule has 1 amide bonds. The van der Waals surface area contributed by atoms with Crippen LogP contribution < -0.4 is 14.8 Å². The minimum absolute atomic E-state index is 0.0423. The van der Waals surface area contributed by atoms with Crippen LogP contribution in [-0.4, -0.2) is 44.6 Å². The third kappa shape index (κ3) is 2.89. The lowest BCUT2D eigenvalue weighted by atomic mass is 10.1. The van der Waals surface area contributed by atoms with E-state index in [-0.39, 0.29) is 23.6 Å². The Bertz CT molecular complexity index is 680. The summed E-state index contributed by atoms with van der Waals surface area (Å²) in [6.07, 6.45) is 1.23. The third-order valence-electron chi connectivity index (χ3n) is 3.84. The summed E-state index contributed by atoms with van der Waals surface area (Å²) < 4.78 is 37.2. The molecule has 7 nitrogen and oxygen atoms in total. The fraction of sp³-hybridized carbons (Fsp3) is 0.500. The van der Waals surface area contributed by atoms with Crippen LogP contribution in [0.2, 0.25) is 0 Å². The van der Waals surface area contributed by atoms with E-state index in [9.17, 15) is 13.2 Å². The molecule has 1 aromatic rings. The molecule has 0 bridgehead atoms. The maximum absolute atomic E-state index is 12.7. The van der Waals surface area contributed by atoms with Crippen LogP contribution in [-0.2, 0) is 14.8 Å². The molecular formula is C14H18N2O5S. The Labute approximate surface area is 129 Å². The Morgan fingerprint density at radius 2 is 1.91 bits per heavy atom. The molecule has 0 aromatic heterocycles. The largest absolute Gasteiger partial charge is 0.454 e. The molecule has 1 saturated heterocycles. The van der Waals surface area contributed by atoms with Gasteiger partial charge < -0.3 is 14.8 Å². The van der Waals surface area contributed by atoms with Crippen molar-refractivity contribution in [3.63, 3.8) is 0 Å². The lowest BCUT2D eigenvalue weighted by Crippen LogP contribution is -2.45. The fourth-order valence-corrected chi connectivity index (χ4v) is 4.20. The van der Waals surface area contributed by atoms with E-state index in [0.29, 0.717) is 37.4 Å². The molecule has 1 aromatic carbocycles. The van der Waals surface area contributed by atoms with Crippen LogP contribution in [0.3, 0.4) is 0 Å². The number of fused-ring (bicyclic) bond motifs is 1. The molecule has 22 heavy (non-hydrogen) atoms. The highest BCUT2D eigenvalue weighted by atomic mass is 32.2. The zero-order chi connectivity index (χ0) is 15.7. The first-order valence-corrected chi connectivity index (χ1v) is 8.58. The highest BCUT2D eigenvalue weighted by molar-refractivity contribution is 7.89. The van der Waals surface area contributed by atoms with Crippen LogP contribution in [0.5, 0.6) is 11.5 Å². The number of sulfonamides is 1. The molecule has 3 rings (SSSR count). The molecule has 120 valence electrons. The number of hydrogen-bond donors (Lipinski definition) is 1. The molecular weight excluding hydrogens is 308 g/mol. The average molecular weight is 326 g/mol. The number of piperidine rings is 1. The highest BCUT2D eigenvalue weighted by Gasteiger charge is 2.30. The second-order valence-electron chi connectivity index (χ2n) is 5.39. The van der Waals surface area contributed by atoms with Gasteiger partial charge in [0.15, 0.2) is 11.5 Å². The van der Waals surface area contributed by atoms with E-state index in [0.717, 1.165) is 0 Å². The molecule has 1 N–H and O–H groups in total. The van der Waals surface area contributed by atoms with Gasteiger partial charge in [0, 0.05) is 32.1 Å². The third-order valence-corrected chi connectivity index (χ3v) is 5.74. The van der Waals surface area contributed by atoms with Gasteiger partial charge in [-0.3, -0.25) is 4.79 Å². The van der Waals surface area contributed by atoms with E-state index < -0.39 is 10.0 Å². The van der Waals surface area contributed by atoms with Crippen molar-refractivity contribution >= 4 is 15.9 Å². The predicted octanol–water partition coefficient (Wildman–Crippen LogP) is 0.704. The first kappa shape index (κ1) is 15.1. The summed E-state index contributed by atoms with van der Waals surface area (Å²) >= 11 is 0. The Morgan fingerprint density at radius 3 is 2.59 bits per heavy atom. The topological polar surface area (TPSA) is 84.9 Å². The van der Waals surface area contributed by atoms with E-state index in [2.05, 4.69) is 5.32 Å². The molecule has 0 spiro atoms. The number of rotatable bonds is 3. The Morgan fingerprint density at radius 1 is 1.23 bits per heavy atom. The summed E-state index contributed by atoms with van der Waals surface area (Å²) in [5.41, 5.74) is 0. The predicted molar refractivity (Wildman–Crippen MR) is 78.2 cm³/mol. The molecule has 0 saturated carbocycles. The van der Waals surface area contributed by atoms with E-state index >= 15 is 0 Å². The standard InChI is InChI=1S/C14H18N2O5S/c1-10(17)15-11-4-6-16(7-5-11)22(18,19)12-2-3-13-14(8-12)21-9-20-13/h2-3,8,11H,4-7,9H2,1H3,(H,15,17). The molecule has 0 aliphatic carbocycles. The van der Waals surface area contributed by atoms with Gasteiger partial charge in [-0.2, -0.15) is 4.31 Å². The van der Waals surface area contributed by atoms with E-state index in [4.69, 9.17) is 9.47 Å². The lowest BCUT2D eigenvalue weighted by Gasteiger charge is -2.31. The monoisotopic (exact) mass is 326 g/mol. The lowest BCUT2D eigenvalue weighted by molar-refractivity contribution is -0.119. The average Bonchev–Trinajstić information content (AvgIpc) is 2.94. The minimum atomic E-state index is -3.55. The van der Waals surface area contributed by atoms with Gasteiger partial charge in [-0.1, -0.05) is 0 Å². The second kappa shape index (κ2) is 5.77. The normalized spacial score (nSPS) is 19.1. The van der Waals surface area contributed by atoms with Crippen molar-refractivity contribution in [3.05, 3.63) is 18.2 Å². The number of amides is 1. The summed E-state index contributed by atoms with van der Waals surface area (Å²) in [7, 11) is -3.55. The van der Waals surface area contributed by atoms with Crippen molar-refractivity contribution in [2.75, 3.05) is 19.9 Å². The molecule has 8 heteroatoms. The van der Waals surface area contributed by atoms with Gasteiger partial charge in [0.1, 0.15) is 0 Å². The van der Waals surface area contributed by atoms with Gasteiger partial charge in [-0.25, -0.2) is 8.42 Å². The summed E-state index contributed by atoms with van der Waals surface area (Å²) in [6.45, 7) is 2.36. The fourth-order valence-electron chi connectivity index (χ4n) is 2.71. The summed E-state index contributed by atoms with van der Waals surface area (Å²) in [4.78, 5) is 11.3. The van der Waals surface area contributed by atoms with Crippen LogP contribution in [0.1, 0.15) is 19.8 Å². The zero-order valence-corrected chi connectivity index (χ0v) is 13.1. The maximum atomic E-state index is 12.7. The molecule has 0 unspecified atom stereocenters. The van der Waals surface area contributed by atoms with Crippen LogP contribution in [0.15, 0.2) is 23.1 Å².